The Kier molecular flexibility index (Phi) is 8.51. The fraction of sp³-hybridized carbons (Fsp3) is 0.938. The van der Waals surface area contributed by atoms with E-state index in [0.29, 0.717) is 18.4 Å². The van der Waals surface area contributed by atoms with Gasteiger partial charge < -0.3 is 10.1 Å². The predicted molar refractivity (Wildman–Crippen MR) is 81.4 cm³/mol. The molecule has 0 rings (SSSR count). The Hall–Kier alpha value is -0.410. The van der Waals surface area contributed by atoms with E-state index in [2.05, 4.69) is 26.1 Å². The molecule has 0 aliphatic heterocycles. The van der Waals surface area contributed by atoms with Crippen LogP contribution in [0.1, 0.15) is 61.3 Å². The molecule has 3 nitrogen and oxygen atoms in total. The second-order valence-corrected chi connectivity index (χ2v) is 6.73. The van der Waals surface area contributed by atoms with Crippen LogP contribution in [0.15, 0.2) is 0 Å². The Balaban J connectivity index is 3.86. The summed E-state index contributed by atoms with van der Waals surface area (Å²) in [6, 6.07) is 0.523. The van der Waals surface area contributed by atoms with Gasteiger partial charge in [0.2, 0.25) is 0 Å². The van der Waals surface area contributed by atoms with Crippen LogP contribution in [0.25, 0.3) is 0 Å². The molecule has 0 aliphatic rings. The maximum Gasteiger partial charge on any atom is 0.141 e. The first-order chi connectivity index (χ1) is 8.66. The average Bonchev–Trinajstić information content (AvgIpc) is 2.26. The smallest absolute Gasteiger partial charge is 0.141 e. The first kappa shape index (κ1) is 18.6. The molecule has 0 bridgehead atoms. The van der Waals surface area contributed by atoms with E-state index in [4.69, 9.17) is 4.74 Å². The monoisotopic (exact) mass is 271 g/mol. The molecule has 0 saturated carbocycles. The van der Waals surface area contributed by atoms with Crippen molar-refractivity contribution < 1.29 is 9.53 Å². The van der Waals surface area contributed by atoms with Crippen molar-refractivity contribution in [1.82, 2.24) is 5.32 Å². The summed E-state index contributed by atoms with van der Waals surface area (Å²) in [5.41, 5.74) is -0.274. The van der Waals surface area contributed by atoms with Crippen molar-refractivity contribution in [2.24, 2.45) is 11.3 Å². The van der Waals surface area contributed by atoms with Gasteiger partial charge in [0.1, 0.15) is 5.78 Å². The fourth-order valence-electron chi connectivity index (χ4n) is 2.08. The van der Waals surface area contributed by atoms with Crippen molar-refractivity contribution in [3.63, 3.8) is 0 Å². The van der Waals surface area contributed by atoms with E-state index < -0.39 is 0 Å². The Morgan fingerprint density at radius 2 is 1.74 bits per heavy atom. The highest BCUT2D eigenvalue weighted by atomic mass is 16.5. The average molecular weight is 271 g/mol. The molecule has 1 unspecified atom stereocenters. The minimum absolute atomic E-state index is 0.0997. The number of Topliss-reactive ketones (excluding diaryl/α,β-unsaturated/α-hetero) is 1. The molecule has 1 N–H and O–H groups in total. The minimum atomic E-state index is -0.274. The lowest BCUT2D eigenvalue weighted by Crippen LogP contribution is -2.31. The topological polar surface area (TPSA) is 38.3 Å². The summed E-state index contributed by atoms with van der Waals surface area (Å²) in [5, 5.41) is 3.38. The largest absolute Gasteiger partial charge is 0.378 e. The van der Waals surface area contributed by atoms with E-state index in [9.17, 15) is 4.79 Å². The Labute approximate surface area is 119 Å². The summed E-state index contributed by atoms with van der Waals surface area (Å²) in [6.45, 7) is 16.0. The van der Waals surface area contributed by atoms with Gasteiger partial charge in [0.25, 0.3) is 0 Å². The Bertz CT molecular complexity index is 259. The van der Waals surface area contributed by atoms with E-state index in [1.165, 1.54) is 0 Å². The number of nitrogens with one attached hydrogen (secondary N) is 1. The van der Waals surface area contributed by atoms with Crippen molar-refractivity contribution in [2.45, 2.75) is 73.5 Å². The van der Waals surface area contributed by atoms with E-state index in [0.717, 1.165) is 19.4 Å². The Morgan fingerprint density at radius 1 is 1.16 bits per heavy atom. The highest BCUT2D eigenvalue weighted by Crippen LogP contribution is 2.25. The standard InChI is InChI=1S/C16H33NO2/c1-12(2)15(18)16(6,7)9-11-19-14(5)8-10-17-13(3)4/h12-14,17H,8-11H2,1-7H3. The summed E-state index contributed by atoms with van der Waals surface area (Å²) in [6.07, 6.45) is 2.05. The van der Waals surface area contributed by atoms with Gasteiger partial charge in [0.05, 0.1) is 6.10 Å². The quantitative estimate of drug-likeness (QED) is 0.661. The van der Waals surface area contributed by atoms with Crippen LogP contribution in [0.5, 0.6) is 0 Å². The zero-order valence-electron chi connectivity index (χ0n) is 13.9. The van der Waals surface area contributed by atoms with E-state index >= 15 is 0 Å². The number of hydrogen-bond donors (Lipinski definition) is 1. The number of hydrogen-bond acceptors (Lipinski definition) is 3. The Morgan fingerprint density at radius 3 is 2.21 bits per heavy atom. The normalized spacial score (nSPS) is 14.2. The number of ketones is 1. The SMILES string of the molecule is CC(C)NCCC(C)OCCC(C)(C)C(=O)C(C)C. The molecule has 0 heterocycles. The van der Waals surface area contributed by atoms with Crippen molar-refractivity contribution >= 4 is 5.78 Å². The third-order valence-electron chi connectivity index (χ3n) is 3.42. The number of ether oxygens (including phenoxy) is 1. The van der Waals surface area contributed by atoms with E-state index in [-0.39, 0.29) is 17.4 Å². The number of rotatable bonds is 10. The van der Waals surface area contributed by atoms with Crippen LogP contribution in [0.3, 0.4) is 0 Å². The van der Waals surface area contributed by atoms with Crippen molar-refractivity contribution in [2.75, 3.05) is 13.2 Å². The molecular formula is C16H33NO2. The van der Waals surface area contributed by atoms with Gasteiger partial charge in [0, 0.05) is 24.0 Å². The maximum atomic E-state index is 12.0. The second-order valence-electron chi connectivity index (χ2n) is 6.73. The van der Waals surface area contributed by atoms with Crippen molar-refractivity contribution in [1.29, 1.82) is 0 Å². The molecule has 0 aromatic rings. The van der Waals surface area contributed by atoms with Crippen LogP contribution < -0.4 is 5.32 Å². The molecule has 0 saturated heterocycles. The van der Waals surface area contributed by atoms with Gasteiger partial charge in [-0.05, 0) is 26.3 Å². The number of carbonyl (C=O) groups is 1. The molecule has 0 radical (unpaired) electrons. The van der Waals surface area contributed by atoms with Gasteiger partial charge >= 0.3 is 0 Å². The van der Waals surface area contributed by atoms with Gasteiger partial charge in [-0.25, -0.2) is 0 Å². The molecular weight excluding hydrogens is 238 g/mol. The van der Waals surface area contributed by atoms with Crippen molar-refractivity contribution in [3.8, 4) is 0 Å². The molecule has 0 spiro atoms. The highest BCUT2D eigenvalue weighted by Gasteiger charge is 2.29. The summed E-state index contributed by atoms with van der Waals surface area (Å²) in [4.78, 5) is 12.0. The van der Waals surface area contributed by atoms with E-state index in [1.807, 2.05) is 27.7 Å². The molecule has 0 aromatic heterocycles. The van der Waals surface area contributed by atoms with Gasteiger partial charge in [-0.1, -0.05) is 41.5 Å². The minimum Gasteiger partial charge on any atom is -0.378 e. The van der Waals surface area contributed by atoms with Crippen molar-refractivity contribution in [3.05, 3.63) is 0 Å². The fourth-order valence-corrected chi connectivity index (χ4v) is 2.08. The molecule has 19 heavy (non-hydrogen) atoms. The highest BCUT2D eigenvalue weighted by molar-refractivity contribution is 5.85. The van der Waals surface area contributed by atoms with Crippen LogP contribution >= 0.6 is 0 Å². The molecule has 0 amide bonds. The molecule has 0 fully saturated rings. The maximum absolute atomic E-state index is 12.0. The third kappa shape index (κ3) is 8.38. The zero-order valence-corrected chi connectivity index (χ0v) is 13.9. The predicted octanol–water partition coefficient (Wildman–Crippen LogP) is 3.42. The third-order valence-corrected chi connectivity index (χ3v) is 3.42. The van der Waals surface area contributed by atoms with Gasteiger partial charge in [-0.15, -0.1) is 0 Å². The van der Waals surface area contributed by atoms with E-state index in [1.54, 1.807) is 0 Å². The van der Waals surface area contributed by atoms with Crippen LogP contribution in [0.4, 0.5) is 0 Å². The number of carbonyl (C=O) groups excluding carboxylic acids is 1. The molecule has 114 valence electrons. The lowest BCUT2D eigenvalue weighted by atomic mass is 9.80. The van der Waals surface area contributed by atoms with Gasteiger partial charge in [-0.2, -0.15) is 0 Å². The lowest BCUT2D eigenvalue weighted by molar-refractivity contribution is -0.131. The second kappa shape index (κ2) is 8.70. The first-order valence-corrected chi connectivity index (χ1v) is 7.56. The van der Waals surface area contributed by atoms with Crippen LogP contribution in [-0.4, -0.2) is 31.1 Å². The summed E-state index contributed by atoms with van der Waals surface area (Å²) in [5.74, 6) is 0.424. The van der Waals surface area contributed by atoms with Gasteiger partial charge in [0.15, 0.2) is 0 Å². The summed E-state index contributed by atoms with van der Waals surface area (Å²) >= 11 is 0. The van der Waals surface area contributed by atoms with Crippen LogP contribution in [-0.2, 0) is 9.53 Å². The summed E-state index contributed by atoms with van der Waals surface area (Å²) in [7, 11) is 0. The molecule has 0 aliphatic carbocycles. The summed E-state index contributed by atoms with van der Waals surface area (Å²) < 4.78 is 5.80. The lowest BCUT2D eigenvalue weighted by Gasteiger charge is -2.26. The van der Waals surface area contributed by atoms with Crippen LogP contribution in [0, 0.1) is 11.3 Å². The molecule has 3 heteroatoms. The molecule has 0 aromatic carbocycles. The zero-order chi connectivity index (χ0) is 15.1. The van der Waals surface area contributed by atoms with Gasteiger partial charge in [-0.3, -0.25) is 4.79 Å². The molecule has 1 atom stereocenters. The van der Waals surface area contributed by atoms with Crippen LogP contribution in [0.2, 0.25) is 0 Å². The first-order valence-electron chi connectivity index (χ1n) is 7.56.